The van der Waals surface area contributed by atoms with Gasteiger partial charge < -0.3 is 16.0 Å². The molecular weight excluding hydrogens is 407 g/mol. The van der Waals surface area contributed by atoms with Gasteiger partial charge in [-0.15, -0.1) is 12.4 Å². The Hall–Kier alpha value is -1.90. The Labute approximate surface area is 175 Å². The number of carbonyl (C=O) groups is 2. The predicted molar refractivity (Wildman–Crippen MR) is 110 cm³/mol. The van der Waals surface area contributed by atoms with Crippen LogP contribution < -0.4 is 16.0 Å². The van der Waals surface area contributed by atoms with Crippen molar-refractivity contribution in [3.63, 3.8) is 0 Å². The number of nitro groups is 1. The first-order chi connectivity index (χ1) is 12.7. The smallest absolute Gasteiger partial charge is 0.270 e. The number of carbonyl (C=O) groups excluding carboxylic acids is 2. The van der Waals surface area contributed by atoms with E-state index in [1.54, 1.807) is 0 Å². The highest BCUT2D eigenvalue weighted by atomic mass is 35.5. The second kappa shape index (κ2) is 10.6. The van der Waals surface area contributed by atoms with Gasteiger partial charge in [-0.2, -0.15) is 0 Å². The first-order valence-corrected chi connectivity index (χ1v) is 9.35. The van der Waals surface area contributed by atoms with Crippen LogP contribution in [0.2, 0.25) is 5.02 Å². The zero-order valence-corrected chi connectivity index (χ0v) is 17.6. The minimum absolute atomic E-state index is 0. The first kappa shape index (κ1) is 24.1. The summed E-state index contributed by atoms with van der Waals surface area (Å²) in [6, 6.07) is 3.29. The zero-order chi connectivity index (χ0) is 20.1. The fourth-order valence-electron chi connectivity index (χ4n) is 3.11. The highest BCUT2D eigenvalue weighted by Gasteiger charge is 2.29. The van der Waals surface area contributed by atoms with Gasteiger partial charge >= 0.3 is 0 Å². The van der Waals surface area contributed by atoms with Gasteiger partial charge in [-0.1, -0.05) is 25.4 Å². The maximum atomic E-state index is 12.7. The van der Waals surface area contributed by atoms with E-state index in [-0.39, 0.29) is 46.5 Å². The number of nitrogens with zero attached hydrogens (tertiary/aromatic N) is 1. The summed E-state index contributed by atoms with van der Waals surface area (Å²) >= 11 is 6.01. The van der Waals surface area contributed by atoms with Crippen molar-refractivity contribution in [3.05, 3.63) is 38.9 Å². The van der Waals surface area contributed by atoms with Gasteiger partial charge in [0.2, 0.25) is 5.91 Å². The number of hydrogen-bond acceptors (Lipinski definition) is 5. The van der Waals surface area contributed by atoms with Crippen LogP contribution in [-0.2, 0) is 4.79 Å². The van der Waals surface area contributed by atoms with Crippen LogP contribution in [-0.4, -0.2) is 41.4 Å². The summed E-state index contributed by atoms with van der Waals surface area (Å²) in [5, 5.41) is 19.8. The predicted octanol–water partition coefficient (Wildman–Crippen LogP) is 2.68. The lowest BCUT2D eigenvalue weighted by molar-refractivity contribution is -0.384. The van der Waals surface area contributed by atoms with E-state index >= 15 is 0 Å². The molecule has 0 spiro atoms. The summed E-state index contributed by atoms with van der Waals surface area (Å²) in [6.45, 7) is 6.58. The van der Waals surface area contributed by atoms with Crippen LogP contribution in [0.15, 0.2) is 18.2 Å². The molecule has 1 saturated heterocycles. The highest BCUT2D eigenvalue weighted by molar-refractivity contribution is 6.34. The summed E-state index contributed by atoms with van der Waals surface area (Å²) in [7, 11) is 0. The average molecular weight is 433 g/mol. The number of halogens is 2. The molecule has 1 aliphatic heterocycles. The van der Waals surface area contributed by atoms with Crippen molar-refractivity contribution in [1.82, 2.24) is 16.0 Å². The summed E-state index contributed by atoms with van der Waals surface area (Å²) in [6.07, 6.45) is 1.67. The third-order valence-corrected chi connectivity index (χ3v) is 4.93. The summed E-state index contributed by atoms with van der Waals surface area (Å²) in [5.74, 6) is -0.914. The van der Waals surface area contributed by atoms with Crippen LogP contribution in [0.3, 0.4) is 0 Å². The summed E-state index contributed by atoms with van der Waals surface area (Å²) in [4.78, 5) is 35.4. The molecule has 0 aromatic heterocycles. The third kappa shape index (κ3) is 6.32. The summed E-state index contributed by atoms with van der Waals surface area (Å²) in [5.41, 5.74) is -0.106. The fourth-order valence-corrected chi connectivity index (χ4v) is 3.37. The second-order valence-corrected chi connectivity index (χ2v) is 7.61. The van der Waals surface area contributed by atoms with Crippen molar-refractivity contribution in [3.8, 4) is 0 Å². The molecule has 2 rings (SSSR count). The monoisotopic (exact) mass is 432 g/mol. The Morgan fingerprint density at radius 2 is 2.04 bits per heavy atom. The lowest BCUT2D eigenvalue weighted by Crippen LogP contribution is -2.54. The molecule has 3 N–H and O–H groups in total. The van der Waals surface area contributed by atoms with Crippen molar-refractivity contribution >= 4 is 41.5 Å². The molecule has 3 unspecified atom stereocenters. The molecule has 0 bridgehead atoms. The topological polar surface area (TPSA) is 113 Å². The van der Waals surface area contributed by atoms with Crippen molar-refractivity contribution < 1.29 is 14.5 Å². The van der Waals surface area contributed by atoms with E-state index in [9.17, 15) is 19.7 Å². The molecule has 0 saturated carbocycles. The van der Waals surface area contributed by atoms with Crippen molar-refractivity contribution in [2.45, 2.75) is 51.7 Å². The van der Waals surface area contributed by atoms with E-state index in [0.717, 1.165) is 25.5 Å². The molecule has 8 nitrogen and oxygen atoms in total. The number of piperidine rings is 1. The van der Waals surface area contributed by atoms with E-state index in [1.165, 1.54) is 12.1 Å². The lowest BCUT2D eigenvalue weighted by atomic mass is 9.98. The number of benzene rings is 1. The maximum Gasteiger partial charge on any atom is 0.270 e. The third-order valence-electron chi connectivity index (χ3n) is 4.61. The quantitative estimate of drug-likeness (QED) is 0.472. The van der Waals surface area contributed by atoms with Gasteiger partial charge in [0.25, 0.3) is 11.6 Å². The molecule has 10 heteroatoms. The Morgan fingerprint density at radius 1 is 1.36 bits per heavy atom. The van der Waals surface area contributed by atoms with Gasteiger partial charge in [0.15, 0.2) is 0 Å². The molecule has 28 heavy (non-hydrogen) atoms. The molecular formula is C18H26Cl2N4O4. The molecule has 156 valence electrons. The number of non-ortho nitro benzene ring substituents is 1. The summed E-state index contributed by atoms with van der Waals surface area (Å²) < 4.78 is 0. The van der Waals surface area contributed by atoms with Gasteiger partial charge in [-0.3, -0.25) is 19.7 Å². The van der Waals surface area contributed by atoms with E-state index in [1.807, 2.05) is 13.8 Å². The zero-order valence-electron chi connectivity index (χ0n) is 16.0. The van der Waals surface area contributed by atoms with E-state index in [2.05, 4.69) is 22.9 Å². The van der Waals surface area contributed by atoms with Gasteiger partial charge in [0.05, 0.1) is 15.5 Å². The molecule has 3 atom stereocenters. The number of rotatable bonds is 6. The molecule has 1 aromatic carbocycles. The van der Waals surface area contributed by atoms with E-state index < -0.39 is 16.9 Å². The Morgan fingerprint density at radius 3 is 2.57 bits per heavy atom. The standard InChI is InChI=1S/C18H25ClN4O4.ClH/c1-10(2)16(18(25)21-12-6-7-20-11(3)8-12)22-17(24)14-5-4-13(23(26)27)9-15(14)19;/h4-5,9-12,16,20H,6-8H2,1-3H3,(H,21,25)(H,22,24);1H. The number of nitrogens with one attached hydrogen (secondary N) is 3. The number of hydrogen-bond donors (Lipinski definition) is 3. The van der Waals surface area contributed by atoms with Gasteiger partial charge in [-0.25, -0.2) is 0 Å². The molecule has 1 aromatic rings. The van der Waals surface area contributed by atoms with Crippen LogP contribution in [0, 0.1) is 16.0 Å². The van der Waals surface area contributed by atoms with E-state index in [0.29, 0.717) is 6.04 Å². The maximum absolute atomic E-state index is 12.7. The second-order valence-electron chi connectivity index (χ2n) is 7.20. The van der Waals surface area contributed by atoms with Crippen LogP contribution in [0.4, 0.5) is 5.69 Å². The molecule has 2 amide bonds. The minimum atomic E-state index is -0.728. The molecule has 1 fully saturated rings. The lowest BCUT2D eigenvalue weighted by Gasteiger charge is -2.31. The van der Waals surface area contributed by atoms with Gasteiger partial charge in [0.1, 0.15) is 6.04 Å². The number of amides is 2. The minimum Gasteiger partial charge on any atom is -0.351 e. The average Bonchev–Trinajstić information content (AvgIpc) is 2.58. The van der Waals surface area contributed by atoms with Crippen LogP contribution >= 0.6 is 24.0 Å². The van der Waals surface area contributed by atoms with Gasteiger partial charge in [-0.05, 0) is 38.3 Å². The van der Waals surface area contributed by atoms with Gasteiger partial charge in [0, 0.05) is 24.2 Å². The highest BCUT2D eigenvalue weighted by Crippen LogP contribution is 2.22. The normalized spacial score (nSPS) is 20.0. The molecule has 1 aliphatic rings. The largest absolute Gasteiger partial charge is 0.351 e. The van der Waals surface area contributed by atoms with Crippen LogP contribution in [0.1, 0.15) is 44.0 Å². The Bertz CT molecular complexity index is 730. The molecule has 0 aliphatic carbocycles. The Kier molecular flexibility index (Phi) is 9.13. The fraction of sp³-hybridized carbons (Fsp3) is 0.556. The first-order valence-electron chi connectivity index (χ1n) is 8.97. The SMILES string of the molecule is CC1CC(NC(=O)C(NC(=O)c2ccc([N+](=O)[O-])cc2Cl)C(C)C)CCN1.Cl. The van der Waals surface area contributed by atoms with Crippen LogP contribution in [0.5, 0.6) is 0 Å². The Balaban J connectivity index is 0.00000392. The number of nitro benzene ring substituents is 1. The molecule has 1 heterocycles. The van der Waals surface area contributed by atoms with Crippen molar-refractivity contribution in [1.29, 1.82) is 0 Å². The van der Waals surface area contributed by atoms with Crippen molar-refractivity contribution in [2.75, 3.05) is 6.54 Å². The van der Waals surface area contributed by atoms with E-state index in [4.69, 9.17) is 11.6 Å². The molecule has 0 radical (unpaired) electrons. The van der Waals surface area contributed by atoms with Crippen molar-refractivity contribution in [2.24, 2.45) is 5.92 Å². The van der Waals surface area contributed by atoms with Crippen LogP contribution in [0.25, 0.3) is 0 Å².